The van der Waals surface area contributed by atoms with E-state index >= 15 is 0 Å². The molecule has 1 aliphatic carbocycles. The number of carbonyl (C=O) groups is 1. The van der Waals surface area contributed by atoms with Gasteiger partial charge in [0.2, 0.25) is 0 Å². The third-order valence-electron chi connectivity index (χ3n) is 4.52. The standard InChI is InChI=1S/C24H24ClOP.ClH/c25-18-10-9-12-21(26)19-20-11-7-8-17-24(20)27(22-13-3-1-4-14-22)23-15-5-2-6-16-23;/h1-8,11,13-17,19,24H,9-10,12,18H2;1H. The van der Waals surface area contributed by atoms with E-state index in [-0.39, 0.29) is 23.8 Å². The molecular formula is C24H25Cl2OP. The maximum Gasteiger partial charge on any atom is 0.155 e. The first kappa shape index (κ1) is 22.6. The van der Waals surface area contributed by atoms with Gasteiger partial charge in [-0.1, -0.05) is 85.0 Å². The van der Waals surface area contributed by atoms with Gasteiger partial charge in [0.1, 0.15) is 0 Å². The zero-order chi connectivity index (χ0) is 18.9. The number of halogens is 2. The molecule has 0 saturated carbocycles. The number of benzene rings is 2. The fourth-order valence-corrected chi connectivity index (χ4v) is 6.06. The predicted molar refractivity (Wildman–Crippen MR) is 126 cm³/mol. The van der Waals surface area contributed by atoms with E-state index in [4.69, 9.17) is 11.6 Å². The maximum absolute atomic E-state index is 12.5. The normalized spacial score (nSPS) is 16.9. The smallest absolute Gasteiger partial charge is 0.155 e. The molecule has 2 aromatic carbocycles. The molecule has 146 valence electrons. The Bertz CT molecular complexity index is 789. The molecule has 0 heterocycles. The molecule has 1 aliphatic rings. The van der Waals surface area contributed by atoms with E-state index in [1.165, 1.54) is 10.6 Å². The fraction of sp³-hybridized carbons (Fsp3) is 0.208. The van der Waals surface area contributed by atoms with Crippen molar-refractivity contribution >= 4 is 48.3 Å². The van der Waals surface area contributed by atoms with Crippen LogP contribution in [0.3, 0.4) is 0 Å². The quantitative estimate of drug-likeness (QED) is 0.219. The monoisotopic (exact) mass is 430 g/mol. The van der Waals surface area contributed by atoms with E-state index in [0.717, 1.165) is 18.4 Å². The van der Waals surface area contributed by atoms with Gasteiger partial charge in [0.15, 0.2) is 5.78 Å². The van der Waals surface area contributed by atoms with Gasteiger partial charge in [-0.15, -0.1) is 24.0 Å². The Morgan fingerprint density at radius 3 is 2.11 bits per heavy atom. The van der Waals surface area contributed by atoms with Crippen molar-refractivity contribution < 1.29 is 4.79 Å². The molecule has 0 amide bonds. The highest BCUT2D eigenvalue weighted by Crippen LogP contribution is 2.45. The van der Waals surface area contributed by atoms with Gasteiger partial charge in [0, 0.05) is 18.0 Å². The number of allylic oxidation sites excluding steroid dienone is 6. The number of unbranched alkanes of at least 4 members (excludes halogenated alkanes) is 1. The first-order valence-electron chi connectivity index (χ1n) is 9.34. The van der Waals surface area contributed by atoms with Crippen LogP contribution in [0.2, 0.25) is 0 Å². The lowest BCUT2D eigenvalue weighted by atomic mass is 10.0. The molecule has 0 radical (unpaired) electrons. The summed E-state index contributed by atoms with van der Waals surface area (Å²) in [5, 5.41) is 2.65. The minimum atomic E-state index is -0.635. The summed E-state index contributed by atoms with van der Waals surface area (Å²) in [6.45, 7) is 0. The summed E-state index contributed by atoms with van der Waals surface area (Å²) in [4.78, 5) is 12.5. The highest BCUT2D eigenvalue weighted by Gasteiger charge is 2.26. The van der Waals surface area contributed by atoms with Gasteiger partial charge in [-0.05, 0) is 43.0 Å². The molecule has 2 aromatic rings. The Morgan fingerprint density at radius 1 is 0.929 bits per heavy atom. The van der Waals surface area contributed by atoms with E-state index in [2.05, 4.69) is 78.9 Å². The molecule has 0 aromatic heterocycles. The fourth-order valence-electron chi connectivity index (χ4n) is 3.21. The van der Waals surface area contributed by atoms with Crippen molar-refractivity contribution in [2.75, 3.05) is 5.88 Å². The number of rotatable bonds is 8. The Kier molecular flexibility index (Phi) is 9.71. The predicted octanol–water partition coefficient (Wildman–Crippen LogP) is 5.94. The van der Waals surface area contributed by atoms with Crippen LogP contribution < -0.4 is 10.6 Å². The van der Waals surface area contributed by atoms with Crippen LogP contribution in [0.25, 0.3) is 0 Å². The van der Waals surface area contributed by atoms with E-state index in [9.17, 15) is 4.79 Å². The molecule has 4 heteroatoms. The second-order valence-corrected chi connectivity index (χ2v) is 9.19. The van der Waals surface area contributed by atoms with Crippen LogP contribution in [-0.4, -0.2) is 17.3 Å². The lowest BCUT2D eigenvalue weighted by molar-refractivity contribution is -0.114. The number of ketones is 1. The minimum Gasteiger partial charge on any atom is -0.295 e. The van der Waals surface area contributed by atoms with Crippen molar-refractivity contribution in [2.45, 2.75) is 24.9 Å². The van der Waals surface area contributed by atoms with Crippen molar-refractivity contribution in [3.05, 3.63) is 96.6 Å². The highest BCUT2D eigenvalue weighted by molar-refractivity contribution is 7.74. The molecule has 1 nitrogen and oxygen atoms in total. The molecule has 0 saturated heterocycles. The molecule has 0 fully saturated rings. The number of hydrogen-bond donors (Lipinski definition) is 0. The van der Waals surface area contributed by atoms with Gasteiger partial charge >= 0.3 is 0 Å². The summed E-state index contributed by atoms with van der Waals surface area (Å²) >= 11 is 5.73. The van der Waals surface area contributed by atoms with Gasteiger partial charge in [0.25, 0.3) is 0 Å². The molecule has 0 bridgehead atoms. The maximum atomic E-state index is 12.5. The number of carbonyl (C=O) groups excluding carboxylic acids is 1. The van der Waals surface area contributed by atoms with Gasteiger partial charge in [-0.25, -0.2) is 0 Å². The van der Waals surface area contributed by atoms with Crippen molar-refractivity contribution in [2.24, 2.45) is 0 Å². The van der Waals surface area contributed by atoms with Crippen LogP contribution in [0.1, 0.15) is 19.3 Å². The van der Waals surface area contributed by atoms with Gasteiger partial charge in [-0.2, -0.15) is 0 Å². The van der Waals surface area contributed by atoms with Crippen LogP contribution in [0, 0.1) is 0 Å². The largest absolute Gasteiger partial charge is 0.295 e. The van der Waals surface area contributed by atoms with Crippen molar-refractivity contribution in [1.29, 1.82) is 0 Å². The molecule has 0 spiro atoms. The zero-order valence-electron chi connectivity index (χ0n) is 15.7. The summed E-state index contributed by atoms with van der Waals surface area (Å²) in [5.41, 5.74) is 1.30. The van der Waals surface area contributed by atoms with E-state index in [1.54, 1.807) is 0 Å². The Labute approximate surface area is 180 Å². The summed E-state index contributed by atoms with van der Waals surface area (Å²) < 4.78 is 0. The van der Waals surface area contributed by atoms with Crippen LogP contribution in [0.4, 0.5) is 0 Å². The van der Waals surface area contributed by atoms with Crippen LogP contribution in [0.5, 0.6) is 0 Å². The van der Waals surface area contributed by atoms with Crippen LogP contribution in [-0.2, 0) is 4.79 Å². The van der Waals surface area contributed by atoms with Crippen LogP contribution in [0.15, 0.2) is 96.6 Å². The van der Waals surface area contributed by atoms with E-state index in [1.807, 2.05) is 12.2 Å². The summed E-state index contributed by atoms with van der Waals surface area (Å²) in [7, 11) is -0.635. The summed E-state index contributed by atoms with van der Waals surface area (Å²) in [6, 6.07) is 21.3. The van der Waals surface area contributed by atoms with Crippen molar-refractivity contribution in [1.82, 2.24) is 0 Å². The number of hydrogen-bond acceptors (Lipinski definition) is 1. The molecule has 3 rings (SSSR count). The third-order valence-corrected chi connectivity index (χ3v) is 7.52. The van der Waals surface area contributed by atoms with Gasteiger partial charge < -0.3 is 0 Å². The second kappa shape index (κ2) is 12.0. The topological polar surface area (TPSA) is 17.1 Å². The molecule has 1 atom stereocenters. The summed E-state index contributed by atoms with van der Waals surface area (Å²) in [5.74, 6) is 0.804. The van der Waals surface area contributed by atoms with E-state index < -0.39 is 7.92 Å². The average molecular weight is 431 g/mol. The third kappa shape index (κ3) is 6.17. The van der Waals surface area contributed by atoms with Crippen LogP contribution >= 0.6 is 31.9 Å². The van der Waals surface area contributed by atoms with Crippen molar-refractivity contribution in [3.63, 3.8) is 0 Å². The minimum absolute atomic E-state index is 0. The molecule has 0 N–H and O–H groups in total. The summed E-state index contributed by atoms with van der Waals surface area (Å²) in [6.07, 6.45) is 12.6. The lowest BCUT2D eigenvalue weighted by Crippen LogP contribution is -2.22. The molecular weight excluding hydrogens is 406 g/mol. The first-order chi connectivity index (χ1) is 13.3. The average Bonchev–Trinajstić information content (AvgIpc) is 2.71. The first-order valence-corrected chi connectivity index (χ1v) is 11.3. The van der Waals surface area contributed by atoms with Gasteiger partial charge in [-0.3, -0.25) is 4.79 Å². The Morgan fingerprint density at radius 2 is 1.54 bits per heavy atom. The Hall–Kier alpha value is -1.66. The van der Waals surface area contributed by atoms with Crippen molar-refractivity contribution in [3.8, 4) is 0 Å². The molecule has 0 aliphatic heterocycles. The highest BCUT2D eigenvalue weighted by atomic mass is 35.5. The number of alkyl halides is 1. The SMILES string of the molecule is Cl.O=C(C=C1C=CC=CC1P(c1ccccc1)c1ccccc1)CCCCCl. The zero-order valence-corrected chi connectivity index (χ0v) is 18.2. The second-order valence-electron chi connectivity index (χ2n) is 6.49. The lowest BCUT2D eigenvalue weighted by Gasteiger charge is -2.28. The molecule has 1 unspecified atom stereocenters. The van der Waals surface area contributed by atoms with E-state index in [0.29, 0.717) is 12.3 Å². The Balaban J connectivity index is 0.00000280. The van der Waals surface area contributed by atoms with Gasteiger partial charge in [0.05, 0.1) is 0 Å². The molecule has 28 heavy (non-hydrogen) atoms.